The number of carbonyl (C=O) groups excluding carboxylic acids is 1. The fourth-order valence-corrected chi connectivity index (χ4v) is 4.53. The predicted octanol–water partition coefficient (Wildman–Crippen LogP) is 2.11. The third kappa shape index (κ3) is 5.97. The van der Waals surface area contributed by atoms with Gasteiger partial charge in [-0.3, -0.25) is 4.98 Å². The third-order valence-electron chi connectivity index (χ3n) is 4.98. The number of nitrogens with zero attached hydrogens (tertiary/aromatic N) is 2. The van der Waals surface area contributed by atoms with Gasteiger partial charge in [-0.1, -0.05) is 13.0 Å². The molecule has 2 amide bonds. The zero-order valence-corrected chi connectivity index (χ0v) is 17.5. The Balaban J connectivity index is 1.54. The summed E-state index contributed by atoms with van der Waals surface area (Å²) in [4.78, 5) is 17.9. The minimum Gasteiger partial charge on any atom is -0.334 e. The second-order valence-corrected chi connectivity index (χ2v) is 8.83. The molecule has 0 radical (unpaired) electrons. The lowest BCUT2D eigenvalue weighted by Gasteiger charge is -2.34. The number of urea groups is 1. The van der Waals surface area contributed by atoms with E-state index in [0.29, 0.717) is 25.2 Å². The summed E-state index contributed by atoms with van der Waals surface area (Å²) in [7, 11) is -3.85. The molecule has 10 heteroatoms. The lowest BCUT2D eigenvalue weighted by Crippen LogP contribution is -2.52. The zero-order valence-electron chi connectivity index (χ0n) is 16.7. The second kappa shape index (κ2) is 9.96. The lowest BCUT2D eigenvalue weighted by molar-refractivity contribution is 0.118. The molecule has 3 N–H and O–H groups in total. The summed E-state index contributed by atoms with van der Waals surface area (Å²) in [6.07, 6.45) is 2.47. The Morgan fingerprint density at radius 1 is 1.27 bits per heavy atom. The predicted molar refractivity (Wildman–Crippen MR) is 112 cm³/mol. The molecule has 1 fully saturated rings. The van der Waals surface area contributed by atoms with E-state index in [4.69, 9.17) is 0 Å². The van der Waals surface area contributed by atoms with E-state index in [1.165, 1.54) is 24.3 Å². The van der Waals surface area contributed by atoms with Crippen molar-refractivity contribution in [3.05, 3.63) is 54.4 Å². The Hall–Kier alpha value is -2.56. The molecular formula is C20H26FN5O3S. The molecule has 0 saturated carbocycles. The molecule has 2 heterocycles. The Morgan fingerprint density at radius 3 is 2.67 bits per heavy atom. The molecule has 2 aromatic rings. The van der Waals surface area contributed by atoms with E-state index in [1.54, 1.807) is 18.5 Å². The number of benzene rings is 1. The molecule has 1 aliphatic heterocycles. The van der Waals surface area contributed by atoms with Crippen LogP contribution in [-0.2, 0) is 16.6 Å². The van der Waals surface area contributed by atoms with Crippen LogP contribution in [0.15, 0.2) is 53.7 Å². The van der Waals surface area contributed by atoms with Crippen molar-refractivity contribution in [2.45, 2.75) is 37.0 Å². The van der Waals surface area contributed by atoms with Crippen LogP contribution in [0.3, 0.4) is 0 Å². The van der Waals surface area contributed by atoms with E-state index in [0.717, 1.165) is 12.1 Å². The average molecular weight is 436 g/mol. The quantitative estimate of drug-likeness (QED) is 0.618. The van der Waals surface area contributed by atoms with E-state index in [9.17, 15) is 17.6 Å². The van der Waals surface area contributed by atoms with E-state index in [-0.39, 0.29) is 11.4 Å². The number of amides is 2. The molecule has 1 aliphatic rings. The molecule has 1 aromatic heterocycles. The van der Waals surface area contributed by atoms with Crippen LogP contribution in [-0.4, -0.2) is 56.2 Å². The number of rotatable bonds is 7. The van der Waals surface area contributed by atoms with Crippen LogP contribution < -0.4 is 15.4 Å². The molecule has 8 nitrogen and oxygen atoms in total. The second-order valence-electron chi connectivity index (χ2n) is 7.12. The molecule has 3 rings (SSSR count). The number of alkyl halides is 1. The van der Waals surface area contributed by atoms with Gasteiger partial charge in [-0.15, -0.1) is 0 Å². The summed E-state index contributed by atoms with van der Waals surface area (Å²) in [5.41, 5.74) is 1.30. The first-order chi connectivity index (χ1) is 14.4. The van der Waals surface area contributed by atoms with Crippen molar-refractivity contribution >= 4 is 21.7 Å². The Kier molecular flexibility index (Phi) is 7.35. The molecular weight excluding hydrogens is 409 g/mol. The zero-order chi connectivity index (χ0) is 21.6. The van der Waals surface area contributed by atoms with Gasteiger partial charge >= 0.3 is 6.03 Å². The van der Waals surface area contributed by atoms with Crippen LogP contribution in [0.25, 0.3) is 0 Å². The van der Waals surface area contributed by atoms with Gasteiger partial charge in [0.05, 0.1) is 10.9 Å². The molecule has 1 saturated heterocycles. The highest BCUT2D eigenvalue weighted by Crippen LogP contribution is 2.19. The summed E-state index contributed by atoms with van der Waals surface area (Å²) >= 11 is 0. The van der Waals surface area contributed by atoms with Crippen molar-refractivity contribution in [2.24, 2.45) is 0 Å². The smallest absolute Gasteiger partial charge is 0.319 e. The summed E-state index contributed by atoms with van der Waals surface area (Å²) in [5.74, 6) is 0. The van der Waals surface area contributed by atoms with Gasteiger partial charge in [-0.2, -0.15) is 0 Å². The van der Waals surface area contributed by atoms with E-state index >= 15 is 0 Å². The molecule has 30 heavy (non-hydrogen) atoms. The third-order valence-corrected chi connectivity index (χ3v) is 6.48. The summed E-state index contributed by atoms with van der Waals surface area (Å²) in [5, 5.41) is 5.33. The number of pyridine rings is 1. The SMILES string of the molecule is CCN1CC[C@@H](NS(=O)(=O)c2ccc(NC(=O)NCc3cccnc3)cc2)[C@@H](F)C1. The minimum atomic E-state index is -3.85. The number of halogens is 1. The average Bonchev–Trinajstić information content (AvgIpc) is 2.75. The number of anilines is 1. The number of piperidine rings is 1. The van der Waals surface area contributed by atoms with Crippen molar-refractivity contribution in [1.29, 1.82) is 0 Å². The maximum Gasteiger partial charge on any atom is 0.319 e. The van der Waals surface area contributed by atoms with E-state index in [2.05, 4.69) is 20.3 Å². The first-order valence-electron chi connectivity index (χ1n) is 9.80. The van der Waals surface area contributed by atoms with Crippen LogP contribution in [0.5, 0.6) is 0 Å². The molecule has 0 aliphatic carbocycles. The maximum absolute atomic E-state index is 14.3. The van der Waals surface area contributed by atoms with Crippen molar-refractivity contribution in [3.8, 4) is 0 Å². The highest BCUT2D eigenvalue weighted by atomic mass is 32.2. The Morgan fingerprint density at radius 2 is 2.03 bits per heavy atom. The van der Waals surface area contributed by atoms with Crippen LogP contribution >= 0.6 is 0 Å². The molecule has 1 aromatic carbocycles. The van der Waals surface area contributed by atoms with Crippen LogP contribution in [0.1, 0.15) is 18.9 Å². The number of hydrogen-bond donors (Lipinski definition) is 3. The monoisotopic (exact) mass is 435 g/mol. The first kappa shape index (κ1) is 22.1. The minimum absolute atomic E-state index is 0.0222. The molecule has 162 valence electrons. The van der Waals surface area contributed by atoms with Crippen molar-refractivity contribution in [2.75, 3.05) is 25.0 Å². The Bertz CT molecular complexity index is 941. The number of aromatic nitrogens is 1. The molecule has 2 atom stereocenters. The first-order valence-corrected chi connectivity index (χ1v) is 11.3. The highest BCUT2D eigenvalue weighted by Gasteiger charge is 2.32. The lowest BCUT2D eigenvalue weighted by atomic mass is 10.0. The number of likely N-dealkylation sites (tertiary alicyclic amines) is 1. The van der Waals surface area contributed by atoms with Gasteiger partial charge in [0, 0.05) is 31.2 Å². The number of carbonyl (C=O) groups is 1. The fraction of sp³-hybridized carbons (Fsp3) is 0.400. The van der Waals surface area contributed by atoms with Gasteiger partial charge < -0.3 is 15.5 Å². The summed E-state index contributed by atoms with van der Waals surface area (Å²) in [6, 6.07) is 8.20. The molecule has 0 bridgehead atoms. The normalized spacial score (nSPS) is 19.9. The van der Waals surface area contributed by atoms with Crippen LogP contribution in [0.2, 0.25) is 0 Å². The van der Waals surface area contributed by atoms with Crippen LogP contribution in [0.4, 0.5) is 14.9 Å². The molecule has 0 unspecified atom stereocenters. The van der Waals surface area contributed by atoms with E-state index < -0.39 is 28.3 Å². The topological polar surface area (TPSA) is 103 Å². The van der Waals surface area contributed by atoms with Gasteiger partial charge in [0.2, 0.25) is 10.0 Å². The highest BCUT2D eigenvalue weighted by molar-refractivity contribution is 7.89. The van der Waals surface area contributed by atoms with Crippen molar-refractivity contribution in [1.82, 2.24) is 19.9 Å². The standard InChI is InChI=1S/C20H26FN5O3S/c1-2-26-11-9-19(18(21)14-26)25-30(28,29)17-7-5-16(6-8-17)24-20(27)23-13-15-4-3-10-22-12-15/h3-8,10,12,18-19,25H,2,9,11,13-14H2,1H3,(H2,23,24,27)/t18-,19+/m0/s1. The maximum atomic E-state index is 14.3. The van der Waals surface area contributed by atoms with Gasteiger partial charge in [0.15, 0.2) is 0 Å². The van der Waals surface area contributed by atoms with Crippen molar-refractivity contribution < 1.29 is 17.6 Å². The van der Waals surface area contributed by atoms with Crippen LogP contribution in [0, 0.1) is 0 Å². The largest absolute Gasteiger partial charge is 0.334 e. The van der Waals surface area contributed by atoms with Gasteiger partial charge in [-0.05, 0) is 55.4 Å². The van der Waals surface area contributed by atoms with Crippen molar-refractivity contribution in [3.63, 3.8) is 0 Å². The fourth-order valence-electron chi connectivity index (χ4n) is 3.23. The van der Waals surface area contributed by atoms with Gasteiger partial charge in [-0.25, -0.2) is 22.3 Å². The van der Waals surface area contributed by atoms with Gasteiger partial charge in [0.1, 0.15) is 6.17 Å². The number of hydrogen-bond acceptors (Lipinski definition) is 5. The Labute approximate surface area is 175 Å². The van der Waals surface area contributed by atoms with E-state index in [1.807, 2.05) is 17.9 Å². The molecule has 0 spiro atoms. The summed E-state index contributed by atoms with van der Waals surface area (Å²) < 4.78 is 42.0. The number of sulfonamides is 1. The summed E-state index contributed by atoms with van der Waals surface area (Å²) in [6.45, 7) is 3.88. The van der Waals surface area contributed by atoms with Gasteiger partial charge in [0.25, 0.3) is 0 Å². The number of nitrogens with one attached hydrogen (secondary N) is 3.